The van der Waals surface area contributed by atoms with Crippen LogP contribution in [0.2, 0.25) is 0 Å². The van der Waals surface area contributed by atoms with Crippen LogP contribution in [0.5, 0.6) is 0 Å². The van der Waals surface area contributed by atoms with Gasteiger partial charge in [0.25, 0.3) is 0 Å². The molecule has 0 unspecified atom stereocenters. The summed E-state index contributed by atoms with van der Waals surface area (Å²) in [5.41, 5.74) is 0.188. The zero-order valence-electron chi connectivity index (χ0n) is 11.4. The van der Waals surface area contributed by atoms with E-state index < -0.39 is 11.4 Å². The van der Waals surface area contributed by atoms with Gasteiger partial charge < -0.3 is 10.4 Å². The van der Waals surface area contributed by atoms with E-state index in [1.807, 2.05) is 30.3 Å². The highest BCUT2D eigenvalue weighted by Crippen LogP contribution is 2.50. The lowest BCUT2D eigenvalue weighted by atomic mass is 9.95. The number of carboxylic acids is 1. The maximum atomic E-state index is 12.3. The first-order valence-corrected chi connectivity index (χ1v) is 7.12. The Balaban J connectivity index is 1.58. The number of amides is 1. The number of nitrogens with one attached hydrogen (secondary N) is 1. The van der Waals surface area contributed by atoms with E-state index in [0.717, 1.165) is 19.3 Å². The van der Waals surface area contributed by atoms with Crippen molar-refractivity contribution in [3.63, 3.8) is 0 Å². The third kappa shape index (κ3) is 2.42. The molecule has 4 nitrogen and oxygen atoms in total. The Labute approximate surface area is 118 Å². The maximum absolute atomic E-state index is 12.3. The SMILES string of the molecule is O=C(O)C1(CNC(=O)C2(Cc3ccccc3)CC2)CC1. The fourth-order valence-electron chi connectivity index (χ4n) is 2.68. The summed E-state index contributed by atoms with van der Waals surface area (Å²) in [5, 5.41) is 12.0. The summed E-state index contributed by atoms with van der Waals surface area (Å²) in [5.74, 6) is -0.764. The Morgan fingerprint density at radius 3 is 2.15 bits per heavy atom. The summed E-state index contributed by atoms with van der Waals surface area (Å²) < 4.78 is 0. The van der Waals surface area contributed by atoms with E-state index in [1.54, 1.807) is 0 Å². The molecule has 2 saturated carbocycles. The van der Waals surface area contributed by atoms with Crippen molar-refractivity contribution in [1.29, 1.82) is 0 Å². The molecular weight excluding hydrogens is 254 g/mol. The molecule has 1 amide bonds. The van der Waals surface area contributed by atoms with Crippen LogP contribution < -0.4 is 5.32 Å². The minimum absolute atomic E-state index is 0.0221. The second-order valence-corrected chi connectivity index (χ2v) is 6.21. The smallest absolute Gasteiger partial charge is 0.311 e. The first kappa shape index (κ1) is 13.2. The largest absolute Gasteiger partial charge is 0.481 e. The van der Waals surface area contributed by atoms with Crippen molar-refractivity contribution in [2.75, 3.05) is 6.54 Å². The third-order valence-electron chi connectivity index (χ3n) is 4.62. The van der Waals surface area contributed by atoms with Crippen LogP contribution in [0, 0.1) is 10.8 Å². The van der Waals surface area contributed by atoms with Crippen LogP contribution >= 0.6 is 0 Å². The summed E-state index contributed by atoms with van der Waals surface area (Å²) in [6.45, 7) is 0.276. The van der Waals surface area contributed by atoms with Gasteiger partial charge in [-0.05, 0) is 37.7 Å². The van der Waals surface area contributed by atoms with Crippen LogP contribution in [0.4, 0.5) is 0 Å². The number of carbonyl (C=O) groups is 2. The van der Waals surface area contributed by atoms with Crippen molar-refractivity contribution in [3.8, 4) is 0 Å². The molecule has 0 heterocycles. The van der Waals surface area contributed by atoms with Gasteiger partial charge in [-0.25, -0.2) is 0 Å². The summed E-state index contributed by atoms with van der Waals surface area (Å²) in [4.78, 5) is 23.4. The number of hydrogen-bond donors (Lipinski definition) is 2. The predicted octanol–water partition coefficient (Wildman–Crippen LogP) is 1.99. The lowest BCUT2D eigenvalue weighted by Crippen LogP contribution is -2.39. The van der Waals surface area contributed by atoms with Crippen LogP contribution in [-0.4, -0.2) is 23.5 Å². The van der Waals surface area contributed by atoms with Gasteiger partial charge in [0.15, 0.2) is 0 Å². The molecular formula is C16H19NO3. The molecule has 0 atom stereocenters. The van der Waals surface area contributed by atoms with Gasteiger partial charge in [0, 0.05) is 6.54 Å². The second-order valence-electron chi connectivity index (χ2n) is 6.21. The molecule has 0 spiro atoms. The first-order chi connectivity index (χ1) is 9.56. The van der Waals surface area contributed by atoms with Crippen LogP contribution in [0.1, 0.15) is 31.2 Å². The van der Waals surface area contributed by atoms with Crippen molar-refractivity contribution in [3.05, 3.63) is 35.9 Å². The number of carboxylic acid groups (broad SMARTS) is 1. The van der Waals surface area contributed by atoms with Crippen molar-refractivity contribution in [2.24, 2.45) is 10.8 Å². The highest BCUT2D eigenvalue weighted by molar-refractivity contribution is 5.87. The predicted molar refractivity (Wildman–Crippen MR) is 74.1 cm³/mol. The molecule has 20 heavy (non-hydrogen) atoms. The van der Waals surface area contributed by atoms with Gasteiger partial charge in [0.1, 0.15) is 0 Å². The molecule has 1 aromatic carbocycles. The normalized spacial score (nSPS) is 21.0. The molecule has 2 aliphatic carbocycles. The monoisotopic (exact) mass is 273 g/mol. The summed E-state index contributed by atoms with van der Waals surface area (Å²) in [7, 11) is 0. The van der Waals surface area contributed by atoms with E-state index in [9.17, 15) is 9.59 Å². The topological polar surface area (TPSA) is 66.4 Å². The zero-order chi connectivity index (χ0) is 14.2. The lowest BCUT2D eigenvalue weighted by Gasteiger charge is -2.17. The standard InChI is InChI=1S/C16H19NO3/c18-13(17-11-16(8-9-16)14(19)20)15(6-7-15)10-12-4-2-1-3-5-12/h1-5H,6-11H2,(H,17,18)(H,19,20). The van der Waals surface area contributed by atoms with Gasteiger partial charge in [-0.3, -0.25) is 9.59 Å². The van der Waals surface area contributed by atoms with Crippen molar-refractivity contribution in [2.45, 2.75) is 32.1 Å². The molecule has 0 radical (unpaired) electrons. The van der Waals surface area contributed by atoms with Gasteiger partial charge in [0.2, 0.25) is 5.91 Å². The van der Waals surface area contributed by atoms with Crippen LogP contribution in [0.25, 0.3) is 0 Å². The number of aliphatic carboxylic acids is 1. The molecule has 2 aliphatic rings. The average molecular weight is 273 g/mol. The second kappa shape index (κ2) is 4.62. The van der Waals surface area contributed by atoms with E-state index in [0.29, 0.717) is 12.8 Å². The Morgan fingerprint density at radius 1 is 1.05 bits per heavy atom. The number of rotatable bonds is 6. The molecule has 3 rings (SSSR count). The summed E-state index contributed by atoms with van der Waals surface area (Å²) in [6.07, 6.45) is 3.89. The Kier molecular flexibility index (Phi) is 3.04. The zero-order valence-corrected chi connectivity index (χ0v) is 11.4. The van der Waals surface area contributed by atoms with Crippen molar-refractivity contribution < 1.29 is 14.7 Å². The molecule has 0 saturated heterocycles. The Hall–Kier alpha value is -1.84. The van der Waals surface area contributed by atoms with Gasteiger partial charge in [-0.1, -0.05) is 30.3 Å². The molecule has 2 N–H and O–H groups in total. The fourth-order valence-corrected chi connectivity index (χ4v) is 2.68. The van der Waals surface area contributed by atoms with Crippen LogP contribution in [0.3, 0.4) is 0 Å². The molecule has 1 aromatic rings. The Morgan fingerprint density at radius 2 is 1.65 bits per heavy atom. The van der Waals surface area contributed by atoms with Gasteiger partial charge in [0.05, 0.1) is 10.8 Å². The van der Waals surface area contributed by atoms with E-state index >= 15 is 0 Å². The fraction of sp³-hybridized carbons (Fsp3) is 0.500. The van der Waals surface area contributed by atoms with Gasteiger partial charge in [-0.2, -0.15) is 0 Å². The van der Waals surface area contributed by atoms with Gasteiger partial charge >= 0.3 is 5.97 Å². The minimum Gasteiger partial charge on any atom is -0.481 e. The molecule has 106 valence electrons. The highest BCUT2D eigenvalue weighted by Gasteiger charge is 2.53. The quantitative estimate of drug-likeness (QED) is 0.833. The van der Waals surface area contributed by atoms with Gasteiger partial charge in [-0.15, -0.1) is 0 Å². The van der Waals surface area contributed by atoms with Crippen LogP contribution in [-0.2, 0) is 16.0 Å². The highest BCUT2D eigenvalue weighted by atomic mass is 16.4. The number of hydrogen-bond acceptors (Lipinski definition) is 2. The van der Waals surface area contributed by atoms with Crippen molar-refractivity contribution >= 4 is 11.9 Å². The Bertz CT molecular complexity index is 530. The van der Waals surface area contributed by atoms with Crippen LogP contribution in [0.15, 0.2) is 30.3 Å². The maximum Gasteiger partial charge on any atom is 0.311 e. The lowest BCUT2D eigenvalue weighted by molar-refractivity contribution is -0.143. The van der Waals surface area contributed by atoms with Crippen molar-refractivity contribution in [1.82, 2.24) is 5.32 Å². The molecule has 2 fully saturated rings. The molecule has 0 bridgehead atoms. The first-order valence-electron chi connectivity index (χ1n) is 7.12. The summed E-state index contributed by atoms with van der Waals surface area (Å²) in [6, 6.07) is 9.99. The van der Waals surface area contributed by atoms with E-state index in [4.69, 9.17) is 5.11 Å². The average Bonchev–Trinajstić information content (AvgIpc) is 3.33. The van der Waals surface area contributed by atoms with E-state index in [2.05, 4.69) is 5.32 Å². The van der Waals surface area contributed by atoms with E-state index in [1.165, 1.54) is 5.56 Å². The van der Waals surface area contributed by atoms with E-state index in [-0.39, 0.29) is 17.9 Å². The number of carbonyl (C=O) groups excluding carboxylic acids is 1. The molecule has 0 aliphatic heterocycles. The summed E-state index contributed by atoms with van der Waals surface area (Å²) >= 11 is 0. The minimum atomic E-state index is -0.786. The molecule has 0 aromatic heterocycles. The third-order valence-corrected chi connectivity index (χ3v) is 4.62. The number of benzene rings is 1. The molecule has 4 heteroatoms.